The summed E-state index contributed by atoms with van der Waals surface area (Å²) in [5, 5.41) is 0. The fraction of sp³-hybridized carbons (Fsp3) is 0.400. The highest BCUT2D eigenvalue weighted by atomic mass is 32.2. The second-order valence-electron chi connectivity index (χ2n) is 3.55. The average molecular weight is 264 g/mol. The first-order valence-corrected chi connectivity index (χ1v) is 6.42. The lowest BCUT2D eigenvalue weighted by Crippen LogP contribution is -2.29. The smallest absolute Gasteiger partial charge is 0.251 e. The van der Waals surface area contributed by atoms with Gasteiger partial charge in [0.15, 0.2) is 0 Å². The van der Waals surface area contributed by atoms with Gasteiger partial charge in [-0.05, 0) is 24.1 Å². The minimum absolute atomic E-state index is 0.00431. The van der Waals surface area contributed by atoms with E-state index in [1.165, 1.54) is 6.07 Å². The molecule has 1 rings (SSSR count). The lowest BCUT2D eigenvalue weighted by molar-refractivity contribution is 0.153. The SMILES string of the molecule is Cc1cc(CN)ccc1S(=O)(=O)NCC(F)F. The number of aryl methyl sites for hydroxylation is 1. The van der Waals surface area contributed by atoms with Gasteiger partial charge in [0.25, 0.3) is 6.43 Å². The number of benzene rings is 1. The molecule has 0 saturated carbocycles. The van der Waals surface area contributed by atoms with Crippen molar-refractivity contribution in [1.82, 2.24) is 4.72 Å². The predicted octanol–water partition coefficient (Wildman–Crippen LogP) is 0.997. The number of sulfonamides is 1. The van der Waals surface area contributed by atoms with Crippen LogP contribution >= 0.6 is 0 Å². The zero-order chi connectivity index (χ0) is 13.1. The van der Waals surface area contributed by atoms with Crippen LogP contribution in [0.3, 0.4) is 0 Å². The van der Waals surface area contributed by atoms with E-state index in [9.17, 15) is 17.2 Å². The van der Waals surface area contributed by atoms with Crippen molar-refractivity contribution in [3.05, 3.63) is 29.3 Å². The normalized spacial score (nSPS) is 12.1. The molecule has 0 bridgehead atoms. The first kappa shape index (κ1) is 14.0. The van der Waals surface area contributed by atoms with Gasteiger partial charge in [0, 0.05) is 6.54 Å². The third-order valence-corrected chi connectivity index (χ3v) is 3.78. The standard InChI is InChI=1S/C10H14F2N2O2S/c1-7-4-8(5-13)2-3-9(7)17(15,16)14-6-10(11)12/h2-4,10,14H,5-6,13H2,1H3. The Hall–Kier alpha value is -1.05. The summed E-state index contributed by atoms with van der Waals surface area (Å²) in [6.07, 6.45) is -2.71. The van der Waals surface area contributed by atoms with Gasteiger partial charge in [-0.25, -0.2) is 21.9 Å². The maximum Gasteiger partial charge on any atom is 0.251 e. The minimum Gasteiger partial charge on any atom is -0.326 e. The summed E-state index contributed by atoms with van der Waals surface area (Å²) in [6, 6.07) is 4.55. The number of rotatable bonds is 5. The van der Waals surface area contributed by atoms with Crippen LogP contribution in [-0.4, -0.2) is 21.4 Å². The molecule has 0 atom stereocenters. The van der Waals surface area contributed by atoms with Gasteiger partial charge in [-0.2, -0.15) is 0 Å². The maximum absolute atomic E-state index is 12.0. The fourth-order valence-electron chi connectivity index (χ4n) is 1.39. The Morgan fingerprint density at radius 3 is 2.53 bits per heavy atom. The molecule has 0 spiro atoms. The van der Waals surface area contributed by atoms with Crippen LogP contribution in [0.1, 0.15) is 11.1 Å². The molecule has 0 radical (unpaired) electrons. The second kappa shape index (κ2) is 5.52. The van der Waals surface area contributed by atoms with Crippen LogP contribution in [-0.2, 0) is 16.6 Å². The van der Waals surface area contributed by atoms with E-state index in [4.69, 9.17) is 5.73 Å². The van der Waals surface area contributed by atoms with E-state index in [2.05, 4.69) is 0 Å². The Bertz CT molecular complexity index is 489. The Labute approximate surface area is 98.9 Å². The summed E-state index contributed by atoms with van der Waals surface area (Å²) in [6.45, 7) is 1.00. The third-order valence-electron chi connectivity index (χ3n) is 2.19. The number of nitrogens with one attached hydrogen (secondary N) is 1. The topological polar surface area (TPSA) is 72.2 Å². The first-order chi connectivity index (χ1) is 7.86. The number of nitrogens with two attached hydrogens (primary N) is 1. The molecule has 96 valence electrons. The highest BCUT2D eigenvalue weighted by molar-refractivity contribution is 7.89. The molecule has 0 aliphatic heterocycles. The largest absolute Gasteiger partial charge is 0.326 e. The van der Waals surface area contributed by atoms with Crippen molar-refractivity contribution in [3.8, 4) is 0 Å². The Morgan fingerprint density at radius 1 is 1.41 bits per heavy atom. The molecule has 0 heterocycles. The molecule has 1 aromatic rings. The van der Waals surface area contributed by atoms with Crippen molar-refractivity contribution in [2.24, 2.45) is 5.73 Å². The zero-order valence-corrected chi connectivity index (χ0v) is 10.1. The number of hydrogen-bond acceptors (Lipinski definition) is 3. The molecule has 0 aliphatic carbocycles. The lowest BCUT2D eigenvalue weighted by Gasteiger charge is -2.10. The van der Waals surface area contributed by atoms with E-state index >= 15 is 0 Å². The van der Waals surface area contributed by atoms with Gasteiger partial charge in [-0.15, -0.1) is 0 Å². The molecular weight excluding hydrogens is 250 g/mol. The van der Waals surface area contributed by atoms with Gasteiger partial charge in [0.05, 0.1) is 11.4 Å². The molecule has 4 nitrogen and oxygen atoms in total. The van der Waals surface area contributed by atoms with E-state index < -0.39 is 23.0 Å². The average Bonchev–Trinajstić information content (AvgIpc) is 2.26. The second-order valence-corrected chi connectivity index (χ2v) is 5.28. The lowest BCUT2D eigenvalue weighted by atomic mass is 10.1. The van der Waals surface area contributed by atoms with E-state index in [0.29, 0.717) is 12.1 Å². The molecule has 0 aliphatic rings. The van der Waals surface area contributed by atoms with Crippen LogP contribution in [0.15, 0.2) is 23.1 Å². The number of halogens is 2. The summed E-state index contributed by atoms with van der Waals surface area (Å²) in [4.78, 5) is -0.00431. The van der Waals surface area contributed by atoms with Crippen molar-refractivity contribution in [2.75, 3.05) is 6.54 Å². The molecule has 17 heavy (non-hydrogen) atoms. The van der Waals surface area contributed by atoms with Crippen LogP contribution in [0, 0.1) is 6.92 Å². The van der Waals surface area contributed by atoms with Gasteiger partial charge in [0.2, 0.25) is 10.0 Å². The van der Waals surface area contributed by atoms with Gasteiger partial charge in [-0.1, -0.05) is 12.1 Å². The monoisotopic (exact) mass is 264 g/mol. The number of hydrogen-bond donors (Lipinski definition) is 2. The molecule has 0 fully saturated rings. The molecule has 0 saturated heterocycles. The summed E-state index contributed by atoms with van der Waals surface area (Å²) < 4.78 is 49.1. The molecule has 0 unspecified atom stereocenters. The highest BCUT2D eigenvalue weighted by Crippen LogP contribution is 2.16. The number of alkyl halides is 2. The molecule has 7 heteroatoms. The third kappa shape index (κ3) is 3.72. The summed E-state index contributed by atoms with van der Waals surface area (Å²) in [7, 11) is -3.88. The van der Waals surface area contributed by atoms with Crippen molar-refractivity contribution in [2.45, 2.75) is 24.8 Å². The van der Waals surface area contributed by atoms with Crippen LogP contribution in [0.2, 0.25) is 0 Å². The minimum atomic E-state index is -3.88. The molecule has 3 N–H and O–H groups in total. The van der Waals surface area contributed by atoms with E-state index in [0.717, 1.165) is 5.56 Å². The zero-order valence-electron chi connectivity index (χ0n) is 9.28. The van der Waals surface area contributed by atoms with Crippen LogP contribution in [0.4, 0.5) is 8.78 Å². The first-order valence-electron chi connectivity index (χ1n) is 4.94. The van der Waals surface area contributed by atoms with E-state index in [1.807, 2.05) is 4.72 Å². The van der Waals surface area contributed by atoms with Crippen molar-refractivity contribution in [3.63, 3.8) is 0 Å². The Balaban J connectivity index is 2.99. The van der Waals surface area contributed by atoms with Crippen molar-refractivity contribution in [1.29, 1.82) is 0 Å². The molecule has 1 aromatic carbocycles. The summed E-state index contributed by atoms with van der Waals surface area (Å²) >= 11 is 0. The van der Waals surface area contributed by atoms with Gasteiger partial charge < -0.3 is 5.73 Å². The van der Waals surface area contributed by atoms with Gasteiger partial charge in [0.1, 0.15) is 0 Å². The predicted molar refractivity (Wildman–Crippen MR) is 60.3 cm³/mol. The van der Waals surface area contributed by atoms with Gasteiger partial charge >= 0.3 is 0 Å². The van der Waals surface area contributed by atoms with Crippen LogP contribution in [0.25, 0.3) is 0 Å². The van der Waals surface area contributed by atoms with Crippen LogP contribution < -0.4 is 10.5 Å². The van der Waals surface area contributed by atoms with Crippen molar-refractivity contribution >= 4 is 10.0 Å². The van der Waals surface area contributed by atoms with Gasteiger partial charge in [-0.3, -0.25) is 0 Å². The molecule has 0 amide bonds. The quantitative estimate of drug-likeness (QED) is 0.833. The highest BCUT2D eigenvalue weighted by Gasteiger charge is 2.18. The Kier molecular flexibility index (Phi) is 4.55. The molecule has 0 aromatic heterocycles. The summed E-state index contributed by atoms with van der Waals surface area (Å²) in [5.74, 6) is 0. The fourth-order valence-corrected chi connectivity index (χ4v) is 2.62. The van der Waals surface area contributed by atoms with Crippen LogP contribution in [0.5, 0.6) is 0 Å². The molecular formula is C10H14F2N2O2S. The van der Waals surface area contributed by atoms with E-state index in [1.54, 1.807) is 19.1 Å². The van der Waals surface area contributed by atoms with E-state index in [-0.39, 0.29) is 4.90 Å². The van der Waals surface area contributed by atoms with Crippen molar-refractivity contribution < 1.29 is 17.2 Å². The maximum atomic E-state index is 12.0. The summed E-state index contributed by atoms with van der Waals surface area (Å²) in [5.41, 5.74) is 6.68. The Morgan fingerprint density at radius 2 is 2.06 bits per heavy atom.